The molecule has 10 heteroatoms. The van der Waals surface area contributed by atoms with Crippen molar-refractivity contribution >= 4 is 34.8 Å². The molecule has 2 fully saturated rings. The molecule has 2 heterocycles. The Bertz CT molecular complexity index is 1000. The molecule has 2 saturated heterocycles. The number of hydrogen-bond acceptors (Lipinski definition) is 4. The number of aryl methyl sites for hydroxylation is 1. The summed E-state index contributed by atoms with van der Waals surface area (Å²) in [4.78, 5) is 32.8. The molecule has 37 heavy (non-hydrogen) atoms. The van der Waals surface area contributed by atoms with Crippen LogP contribution in [0.3, 0.4) is 0 Å². The zero-order valence-corrected chi connectivity index (χ0v) is 23.3. The van der Waals surface area contributed by atoms with E-state index in [2.05, 4.69) is 4.90 Å². The van der Waals surface area contributed by atoms with Crippen LogP contribution >= 0.6 is 12.2 Å². The standard InChI is InChI=1S/C27H39F3N4O2S/c1-19(2)23(35)32-16-14-31(15-17-32)12-8-6-7-9-13-33-25(37)34(24(36)26(33,4)5)21-11-10-20(3)22(18-21)27(28,29)30/h10-11,18-19H,6-9,12-17H2,1-5H3. The van der Waals surface area contributed by atoms with Crippen LogP contribution in [-0.4, -0.2) is 76.4 Å². The molecule has 0 spiro atoms. The van der Waals surface area contributed by atoms with Gasteiger partial charge in [0.15, 0.2) is 5.11 Å². The first-order chi connectivity index (χ1) is 17.2. The summed E-state index contributed by atoms with van der Waals surface area (Å²) in [7, 11) is 0. The molecule has 206 valence electrons. The summed E-state index contributed by atoms with van der Waals surface area (Å²) in [5.41, 5.74) is -1.42. The average Bonchev–Trinajstić information content (AvgIpc) is 2.99. The van der Waals surface area contributed by atoms with E-state index < -0.39 is 17.3 Å². The molecule has 0 saturated carbocycles. The minimum Gasteiger partial charge on any atom is -0.340 e. The molecule has 1 aromatic carbocycles. The summed E-state index contributed by atoms with van der Waals surface area (Å²) in [6, 6.07) is 3.91. The van der Waals surface area contributed by atoms with Crippen molar-refractivity contribution in [2.75, 3.05) is 44.2 Å². The van der Waals surface area contributed by atoms with Crippen LogP contribution in [0, 0.1) is 12.8 Å². The first kappa shape index (κ1) is 29.4. The molecule has 2 aliphatic heterocycles. The summed E-state index contributed by atoms with van der Waals surface area (Å²) < 4.78 is 40.3. The molecule has 0 radical (unpaired) electrons. The van der Waals surface area contributed by atoms with Crippen LogP contribution in [0.15, 0.2) is 18.2 Å². The summed E-state index contributed by atoms with van der Waals surface area (Å²) in [6.07, 6.45) is -0.600. The molecule has 0 N–H and O–H groups in total. The highest BCUT2D eigenvalue weighted by molar-refractivity contribution is 7.80. The molecule has 2 aliphatic rings. The first-order valence-electron chi connectivity index (χ1n) is 13.1. The fourth-order valence-corrected chi connectivity index (χ4v) is 5.52. The number of thiocarbonyl (C=S) groups is 1. The number of anilines is 1. The van der Waals surface area contributed by atoms with Crippen molar-refractivity contribution in [2.45, 2.75) is 72.0 Å². The fraction of sp³-hybridized carbons (Fsp3) is 0.667. The number of hydrogen-bond donors (Lipinski definition) is 0. The largest absolute Gasteiger partial charge is 0.416 e. The van der Waals surface area contributed by atoms with Gasteiger partial charge in [-0.2, -0.15) is 13.2 Å². The summed E-state index contributed by atoms with van der Waals surface area (Å²) in [5.74, 6) is -0.0520. The number of amides is 2. The highest BCUT2D eigenvalue weighted by Crippen LogP contribution is 2.37. The average molecular weight is 541 g/mol. The lowest BCUT2D eigenvalue weighted by molar-refractivity contribution is -0.138. The highest BCUT2D eigenvalue weighted by atomic mass is 32.1. The molecule has 1 aromatic rings. The molecular weight excluding hydrogens is 501 g/mol. The monoisotopic (exact) mass is 540 g/mol. The van der Waals surface area contributed by atoms with Crippen molar-refractivity contribution in [3.63, 3.8) is 0 Å². The van der Waals surface area contributed by atoms with Gasteiger partial charge in [-0.05, 0) is 70.1 Å². The lowest BCUT2D eigenvalue weighted by Crippen LogP contribution is -2.49. The smallest absolute Gasteiger partial charge is 0.340 e. The van der Waals surface area contributed by atoms with Gasteiger partial charge in [0.2, 0.25) is 5.91 Å². The Hall–Kier alpha value is -2.20. The quantitative estimate of drug-likeness (QED) is 0.323. The van der Waals surface area contributed by atoms with Gasteiger partial charge in [-0.15, -0.1) is 0 Å². The zero-order valence-electron chi connectivity index (χ0n) is 22.5. The van der Waals surface area contributed by atoms with Crippen molar-refractivity contribution < 1.29 is 22.8 Å². The minimum absolute atomic E-state index is 0.0386. The predicted octanol–water partition coefficient (Wildman–Crippen LogP) is 5.09. The van der Waals surface area contributed by atoms with Crippen LogP contribution in [0.25, 0.3) is 0 Å². The van der Waals surface area contributed by atoms with E-state index in [1.807, 2.05) is 23.6 Å². The van der Waals surface area contributed by atoms with Crippen LogP contribution in [0.1, 0.15) is 64.5 Å². The van der Waals surface area contributed by atoms with Gasteiger partial charge in [0.25, 0.3) is 5.91 Å². The van der Waals surface area contributed by atoms with Crippen molar-refractivity contribution in [1.82, 2.24) is 14.7 Å². The molecule has 2 amide bonds. The molecule has 0 aromatic heterocycles. The van der Waals surface area contributed by atoms with Crippen molar-refractivity contribution in [3.05, 3.63) is 29.3 Å². The van der Waals surface area contributed by atoms with E-state index in [4.69, 9.17) is 12.2 Å². The second-order valence-corrected chi connectivity index (χ2v) is 11.2. The van der Waals surface area contributed by atoms with Crippen LogP contribution in [0.2, 0.25) is 0 Å². The van der Waals surface area contributed by atoms with Crippen LogP contribution < -0.4 is 4.90 Å². The Morgan fingerprint density at radius 2 is 1.62 bits per heavy atom. The number of nitrogens with zero attached hydrogens (tertiary/aromatic N) is 4. The maximum absolute atomic E-state index is 13.4. The lowest BCUT2D eigenvalue weighted by atomic mass is 10.0. The minimum atomic E-state index is -4.50. The van der Waals surface area contributed by atoms with E-state index >= 15 is 0 Å². The van der Waals surface area contributed by atoms with Crippen LogP contribution in [0.4, 0.5) is 18.9 Å². The molecular formula is C27H39F3N4O2S. The van der Waals surface area contributed by atoms with Gasteiger partial charge in [-0.3, -0.25) is 19.4 Å². The van der Waals surface area contributed by atoms with Crippen molar-refractivity contribution in [2.24, 2.45) is 5.92 Å². The Morgan fingerprint density at radius 3 is 2.19 bits per heavy atom. The van der Waals surface area contributed by atoms with Crippen molar-refractivity contribution in [3.8, 4) is 0 Å². The molecule has 0 bridgehead atoms. The van der Waals surface area contributed by atoms with E-state index in [0.717, 1.165) is 64.5 Å². The number of piperazine rings is 1. The van der Waals surface area contributed by atoms with Gasteiger partial charge >= 0.3 is 6.18 Å². The van der Waals surface area contributed by atoms with Crippen molar-refractivity contribution in [1.29, 1.82) is 0 Å². The van der Waals surface area contributed by atoms with Gasteiger partial charge in [0, 0.05) is 38.6 Å². The van der Waals surface area contributed by atoms with Gasteiger partial charge in [0.05, 0.1) is 11.3 Å². The molecule has 0 atom stereocenters. The van der Waals surface area contributed by atoms with E-state index in [1.54, 1.807) is 13.8 Å². The molecule has 0 unspecified atom stereocenters. The number of halogens is 3. The third kappa shape index (κ3) is 6.63. The highest BCUT2D eigenvalue weighted by Gasteiger charge is 2.49. The summed E-state index contributed by atoms with van der Waals surface area (Å²) >= 11 is 5.58. The number of unbranched alkanes of at least 4 members (excludes halogenated alkanes) is 3. The third-order valence-corrected chi connectivity index (χ3v) is 7.80. The molecule has 3 rings (SSSR count). The second-order valence-electron chi connectivity index (χ2n) is 10.9. The Morgan fingerprint density at radius 1 is 1.03 bits per heavy atom. The van der Waals surface area contributed by atoms with Gasteiger partial charge in [-0.1, -0.05) is 32.8 Å². The third-order valence-electron chi connectivity index (χ3n) is 7.39. The number of benzene rings is 1. The summed E-state index contributed by atoms with van der Waals surface area (Å²) in [5, 5.41) is 0.251. The zero-order chi connectivity index (χ0) is 27.5. The van der Waals surface area contributed by atoms with Gasteiger partial charge in [0.1, 0.15) is 5.54 Å². The van der Waals surface area contributed by atoms with E-state index in [1.165, 1.54) is 24.0 Å². The number of carbonyl (C=O) groups is 2. The topological polar surface area (TPSA) is 47.1 Å². The predicted molar refractivity (Wildman–Crippen MR) is 143 cm³/mol. The fourth-order valence-electron chi connectivity index (χ4n) is 5.01. The second kappa shape index (κ2) is 11.7. The van der Waals surface area contributed by atoms with E-state index in [9.17, 15) is 22.8 Å². The number of rotatable bonds is 9. The maximum Gasteiger partial charge on any atom is 0.416 e. The van der Waals surface area contributed by atoms with Crippen LogP contribution in [0.5, 0.6) is 0 Å². The normalized spacial score (nSPS) is 18.9. The Kier molecular flexibility index (Phi) is 9.27. The number of alkyl halides is 3. The lowest BCUT2D eigenvalue weighted by Gasteiger charge is -2.35. The Labute approximate surface area is 223 Å². The van der Waals surface area contributed by atoms with E-state index in [-0.39, 0.29) is 34.1 Å². The maximum atomic E-state index is 13.4. The van der Waals surface area contributed by atoms with Gasteiger partial charge < -0.3 is 9.80 Å². The van der Waals surface area contributed by atoms with Gasteiger partial charge in [-0.25, -0.2) is 0 Å². The SMILES string of the molecule is Cc1ccc(N2C(=O)C(C)(C)N(CCCCCCN3CCN(C(=O)C(C)C)CC3)C2=S)cc1C(F)(F)F. The Balaban J connectivity index is 1.48. The molecule has 0 aliphatic carbocycles. The molecule has 6 nitrogen and oxygen atoms in total. The first-order valence-corrected chi connectivity index (χ1v) is 13.5. The van der Waals surface area contributed by atoms with E-state index in [0.29, 0.717) is 6.54 Å². The number of carbonyl (C=O) groups excluding carboxylic acids is 2. The summed E-state index contributed by atoms with van der Waals surface area (Å²) in [6.45, 7) is 13.8. The van der Waals surface area contributed by atoms with Crippen LogP contribution in [-0.2, 0) is 15.8 Å².